The molecule has 0 aromatic rings. The monoisotopic (exact) mass is 497 g/mol. The van der Waals surface area contributed by atoms with Crippen molar-refractivity contribution in [2.24, 2.45) is 0 Å². The van der Waals surface area contributed by atoms with Gasteiger partial charge in [0.1, 0.15) is 24.8 Å². The summed E-state index contributed by atoms with van der Waals surface area (Å²) in [5.41, 5.74) is -0.857. The van der Waals surface area contributed by atoms with E-state index >= 15 is 0 Å². The molecule has 0 aliphatic rings. The number of ether oxygens (including phenoxy) is 2. The van der Waals surface area contributed by atoms with Crippen molar-refractivity contribution in [1.29, 1.82) is 0 Å². The lowest BCUT2D eigenvalue weighted by atomic mass is 10.2. The van der Waals surface area contributed by atoms with Crippen LogP contribution in [0.5, 0.6) is 0 Å². The smallest absolute Gasteiger partial charge is 0.408 e. The lowest BCUT2D eigenvalue weighted by molar-refractivity contribution is -0.140. The highest BCUT2D eigenvalue weighted by Crippen LogP contribution is 2.35. The van der Waals surface area contributed by atoms with Gasteiger partial charge in [-0.2, -0.15) is 0 Å². The van der Waals surface area contributed by atoms with Gasteiger partial charge < -0.3 is 35.6 Å². The molecule has 0 aromatic heterocycles. The highest BCUT2D eigenvalue weighted by molar-refractivity contribution is 8.77. The number of nitrogens with one attached hydrogen (secondary N) is 3. The maximum Gasteiger partial charge on any atom is 0.408 e. The number of hydrogen-bond donors (Lipinski definition) is 5. The average Bonchev–Trinajstić information content (AvgIpc) is 2.59. The van der Waals surface area contributed by atoms with Gasteiger partial charge in [0, 0.05) is 10.5 Å². The molecule has 0 aliphatic heterocycles. The van der Waals surface area contributed by atoms with Crippen LogP contribution in [-0.4, -0.2) is 81.6 Å². The first-order chi connectivity index (χ1) is 14.5. The molecule has 12 nitrogen and oxygen atoms in total. The minimum absolute atomic E-state index is 0.0982. The summed E-state index contributed by atoms with van der Waals surface area (Å²) in [5, 5.41) is 24.4. The molecule has 184 valence electrons. The Kier molecular flexibility index (Phi) is 12.3. The van der Waals surface area contributed by atoms with Gasteiger partial charge in [-0.05, 0) is 20.8 Å². The Labute approximate surface area is 194 Å². The molecule has 0 fully saturated rings. The van der Waals surface area contributed by atoms with Crippen LogP contribution < -0.4 is 16.0 Å². The van der Waals surface area contributed by atoms with E-state index in [4.69, 9.17) is 14.6 Å². The Bertz CT molecular complexity index is 690. The highest BCUT2D eigenvalue weighted by atomic mass is 33.1. The van der Waals surface area contributed by atoms with Crippen LogP contribution in [0.1, 0.15) is 41.5 Å². The standard InChI is InChI=1S/C18H31N3O9S2/c1-17(2,3)30-16(28)20-10(14(25)26)8-29-15(27)21-11(9-31-32-18(4,5)6)13(24)19-7-12(22)23/h10-11H,7-9H2,1-6H3,(H,19,24)(H,20,28)(H,21,27)(H,22,23)(H,25,26)/t10-,11-/m0/s1. The summed E-state index contributed by atoms with van der Waals surface area (Å²) in [6, 6.07) is -2.72. The van der Waals surface area contributed by atoms with E-state index in [2.05, 4.69) is 16.0 Å². The number of hydrogen-bond acceptors (Lipinski definition) is 9. The fraction of sp³-hybridized carbons (Fsp3) is 0.722. The zero-order valence-corrected chi connectivity index (χ0v) is 20.5. The van der Waals surface area contributed by atoms with Gasteiger partial charge >= 0.3 is 24.1 Å². The van der Waals surface area contributed by atoms with Crippen LogP contribution in [0.3, 0.4) is 0 Å². The second kappa shape index (κ2) is 13.3. The Hall–Kier alpha value is -2.35. The third-order valence-electron chi connectivity index (χ3n) is 2.94. The average molecular weight is 498 g/mol. The topological polar surface area (TPSA) is 180 Å². The fourth-order valence-electron chi connectivity index (χ4n) is 1.72. The number of aliphatic carboxylic acids is 2. The Morgan fingerprint density at radius 1 is 0.906 bits per heavy atom. The first-order valence-corrected chi connectivity index (χ1v) is 11.8. The quantitative estimate of drug-likeness (QED) is 0.261. The number of carboxylic acids is 2. The van der Waals surface area contributed by atoms with Crippen LogP contribution in [0.4, 0.5) is 9.59 Å². The van der Waals surface area contributed by atoms with Crippen LogP contribution in [-0.2, 0) is 23.9 Å². The van der Waals surface area contributed by atoms with E-state index in [1.807, 2.05) is 20.8 Å². The van der Waals surface area contributed by atoms with Gasteiger partial charge in [-0.3, -0.25) is 9.59 Å². The molecule has 0 unspecified atom stereocenters. The van der Waals surface area contributed by atoms with Crippen molar-refractivity contribution in [3.63, 3.8) is 0 Å². The van der Waals surface area contributed by atoms with E-state index in [0.717, 1.165) is 0 Å². The predicted molar refractivity (Wildman–Crippen MR) is 120 cm³/mol. The second-order valence-electron chi connectivity index (χ2n) is 8.42. The SMILES string of the molecule is CC(C)(C)OC(=O)N[C@@H](COC(=O)N[C@@H](CSSC(C)(C)C)C(=O)NCC(=O)O)C(=O)O. The van der Waals surface area contributed by atoms with Crippen LogP contribution in [0.15, 0.2) is 0 Å². The van der Waals surface area contributed by atoms with Crippen molar-refractivity contribution < 1.29 is 43.7 Å². The summed E-state index contributed by atoms with van der Waals surface area (Å²) < 4.78 is 9.67. The fourth-order valence-corrected chi connectivity index (χ4v) is 4.18. The number of rotatable bonds is 11. The molecular weight excluding hydrogens is 466 g/mol. The number of carbonyl (C=O) groups is 5. The van der Waals surface area contributed by atoms with Gasteiger partial charge in [0.2, 0.25) is 5.91 Å². The van der Waals surface area contributed by atoms with Gasteiger partial charge in [0.25, 0.3) is 0 Å². The number of amides is 3. The third-order valence-corrected chi connectivity index (χ3v) is 6.29. The maximum atomic E-state index is 12.2. The van der Waals surface area contributed by atoms with Crippen molar-refractivity contribution in [1.82, 2.24) is 16.0 Å². The lowest BCUT2D eigenvalue weighted by Crippen LogP contribution is -2.51. The third kappa shape index (κ3) is 15.5. The highest BCUT2D eigenvalue weighted by Gasteiger charge is 2.27. The van der Waals surface area contributed by atoms with Crippen LogP contribution >= 0.6 is 21.6 Å². The van der Waals surface area contributed by atoms with Crippen molar-refractivity contribution in [3.05, 3.63) is 0 Å². The van der Waals surface area contributed by atoms with Crippen molar-refractivity contribution in [2.75, 3.05) is 18.9 Å². The molecule has 0 aliphatic carbocycles. The van der Waals surface area contributed by atoms with E-state index in [0.29, 0.717) is 0 Å². The van der Waals surface area contributed by atoms with Gasteiger partial charge in [-0.15, -0.1) is 0 Å². The first kappa shape index (κ1) is 29.7. The summed E-state index contributed by atoms with van der Waals surface area (Å²) >= 11 is 0. The van der Waals surface area contributed by atoms with Crippen molar-refractivity contribution >= 4 is 51.6 Å². The number of carbonyl (C=O) groups excluding carboxylic acids is 3. The van der Waals surface area contributed by atoms with Crippen LogP contribution in [0.25, 0.3) is 0 Å². The largest absolute Gasteiger partial charge is 0.480 e. The van der Waals surface area contributed by atoms with E-state index in [9.17, 15) is 29.1 Å². The summed E-state index contributed by atoms with van der Waals surface area (Å²) in [4.78, 5) is 58.1. The van der Waals surface area contributed by atoms with Crippen LogP contribution in [0, 0.1) is 0 Å². The van der Waals surface area contributed by atoms with E-state index in [-0.39, 0.29) is 10.5 Å². The Morgan fingerprint density at radius 2 is 1.47 bits per heavy atom. The Morgan fingerprint density at radius 3 is 1.94 bits per heavy atom. The molecule has 32 heavy (non-hydrogen) atoms. The molecule has 0 rings (SSSR count). The second-order valence-corrected chi connectivity index (χ2v) is 11.6. The summed E-state index contributed by atoms with van der Waals surface area (Å²) in [6.45, 7) is 9.28. The predicted octanol–water partition coefficient (Wildman–Crippen LogP) is 1.44. The molecule has 5 N–H and O–H groups in total. The molecule has 0 bridgehead atoms. The van der Waals surface area contributed by atoms with E-state index in [1.165, 1.54) is 21.6 Å². The molecule has 3 amide bonds. The number of alkyl carbamates (subject to hydrolysis) is 2. The molecule has 0 radical (unpaired) electrons. The number of carboxylic acid groups (broad SMARTS) is 2. The van der Waals surface area contributed by atoms with Gasteiger partial charge in [0.15, 0.2) is 6.04 Å². The minimum atomic E-state index is -1.58. The maximum absolute atomic E-state index is 12.2. The van der Waals surface area contributed by atoms with Crippen molar-refractivity contribution in [3.8, 4) is 0 Å². The molecule has 0 saturated carbocycles. The van der Waals surface area contributed by atoms with Crippen molar-refractivity contribution in [2.45, 2.75) is 64.0 Å². The molecular formula is C18H31N3O9S2. The first-order valence-electron chi connectivity index (χ1n) is 9.46. The van der Waals surface area contributed by atoms with Crippen LogP contribution in [0.2, 0.25) is 0 Å². The van der Waals surface area contributed by atoms with E-state index < -0.39 is 60.9 Å². The normalized spacial score (nSPS) is 13.3. The lowest BCUT2D eigenvalue weighted by Gasteiger charge is -2.22. The minimum Gasteiger partial charge on any atom is -0.480 e. The van der Waals surface area contributed by atoms with Gasteiger partial charge in [-0.25, -0.2) is 14.4 Å². The zero-order chi connectivity index (χ0) is 25.1. The van der Waals surface area contributed by atoms with Gasteiger partial charge in [0.05, 0.1) is 0 Å². The summed E-state index contributed by atoms with van der Waals surface area (Å²) in [7, 11) is 2.74. The zero-order valence-electron chi connectivity index (χ0n) is 18.8. The molecule has 0 spiro atoms. The Balaban J connectivity index is 4.93. The summed E-state index contributed by atoms with van der Waals surface area (Å²) in [5.74, 6) is -3.36. The molecule has 14 heteroatoms. The molecule has 0 heterocycles. The van der Waals surface area contributed by atoms with E-state index in [1.54, 1.807) is 20.8 Å². The molecule has 0 saturated heterocycles. The van der Waals surface area contributed by atoms with Gasteiger partial charge in [-0.1, -0.05) is 42.4 Å². The summed E-state index contributed by atoms with van der Waals surface area (Å²) in [6.07, 6.45) is -2.12. The molecule has 0 aromatic carbocycles. The molecule has 2 atom stereocenters.